The van der Waals surface area contributed by atoms with Crippen molar-refractivity contribution in [2.75, 3.05) is 31.8 Å². The van der Waals surface area contributed by atoms with E-state index in [0.717, 1.165) is 31.5 Å². The number of anilines is 1. The van der Waals surface area contributed by atoms with E-state index in [1.54, 1.807) is 0 Å². The van der Waals surface area contributed by atoms with Crippen molar-refractivity contribution in [3.05, 3.63) is 47.7 Å². The second-order valence-electron chi connectivity index (χ2n) is 6.80. The number of halogens is 4. The van der Waals surface area contributed by atoms with E-state index in [2.05, 4.69) is 20.3 Å². The van der Waals surface area contributed by atoms with Crippen molar-refractivity contribution < 1.29 is 31.8 Å². The molecule has 1 aliphatic rings. The Morgan fingerprint density at radius 3 is 2.77 bits per heavy atom. The number of carbonyl (C=O) groups excluding carboxylic acids is 1. The number of aromatic nitrogens is 2. The van der Waals surface area contributed by atoms with Crippen LogP contribution in [-0.4, -0.2) is 54.1 Å². The van der Waals surface area contributed by atoms with Crippen molar-refractivity contribution in [3.8, 4) is 5.88 Å². The number of amidine groups is 1. The standard InChI is InChI=1S/C19H19F4N5O3/c1-18(19(22,23)10-30-9-15(24)28-18)12-6-11(2-3-13(12)21)27-17(29)14-7-26-16(8-25-14)31-5-4-20/h2-3,6-8H,4-5,9-10H2,1H3,(H2,24,28)(H,27,29)/t18-/m1/s1. The molecule has 1 aromatic heterocycles. The van der Waals surface area contributed by atoms with E-state index in [-0.39, 0.29) is 36.3 Å². The molecule has 3 N–H and O–H groups in total. The van der Waals surface area contributed by atoms with Gasteiger partial charge in [-0.1, -0.05) is 0 Å². The number of alkyl halides is 3. The molecule has 1 amide bonds. The number of nitrogens with zero attached hydrogens (tertiary/aromatic N) is 3. The van der Waals surface area contributed by atoms with Crippen LogP contribution in [0.4, 0.5) is 23.2 Å². The van der Waals surface area contributed by atoms with Gasteiger partial charge in [-0.2, -0.15) is 0 Å². The first-order valence-corrected chi connectivity index (χ1v) is 9.08. The molecule has 0 saturated heterocycles. The molecule has 0 saturated carbocycles. The summed E-state index contributed by atoms with van der Waals surface area (Å²) < 4.78 is 65.9. The fourth-order valence-corrected chi connectivity index (χ4v) is 2.91. The lowest BCUT2D eigenvalue weighted by atomic mass is 9.85. The lowest BCUT2D eigenvalue weighted by Crippen LogP contribution is -2.45. The zero-order chi connectivity index (χ0) is 22.6. The molecule has 0 fully saturated rings. The third kappa shape index (κ3) is 4.74. The van der Waals surface area contributed by atoms with E-state index in [1.165, 1.54) is 6.07 Å². The van der Waals surface area contributed by atoms with Gasteiger partial charge in [-0.05, 0) is 25.1 Å². The SMILES string of the molecule is C[C@]1(c2cc(NC(=O)c3cnc(OCCF)cn3)ccc2F)N=C(N)COCC1(F)F. The number of nitrogens with one attached hydrogen (secondary N) is 1. The summed E-state index contributed by atoms with van der Waals surface area (Å²) in [5.41, 5.74) is 2.69. The van der Waals surface area contributed by atoms with Crippen LogP contribution in [0, 0.1) is 5.82 Å². The smallest absolute Gasteiger partial charge is 0.299 e. The molecule has 1 aromatic carbocycles. The van der Waals surface area contributed by atoms with Crippen LogP contribution in [0.5, 0.6) is 5.88 Å². The Hall–Kier alpha value is -3.28. The van der Waals surface area contributed by atoms with Crippen molar-refractivity contribution >= 4 is 17.4 Å². The summed E-state index contributed by atoms with van der Waals surface area (Å²) in [4.78, 5) is 23.9. The number of amides is 1. The molecule has 0 bridgehead atoms. The minimum Gasteiger partial charge on any atom is -0.474 e. The van der Waals surface area contributed by atoms with Crippen LogP contribution < -0.4 is 15.8 Å². The fourth-order valence-electron chi connectivity index (χ4n) is 2.91. The van der Waals surface area contributed by atoms with Crippen LogP contribution in [0.15, 0.2) is 35.6 Å². The first-order valence-electron chi connectivity index (χ1n) is 9.08. The minimum absolute atomic E-state index is 0.0249. The number of rotatable bonds is 6. The summed E-state index contributed by atoms with van der Waals surface area (Å²) >= 11 is 0. The van der Waals surface area contributed by atoms with E-state index < -0.39 is 42.0 Å². The molecule has 12 heteroatoms. The van der Waals surface area contributed by atoms with Gasteiger partial charge < -0.3 is 20.5 Å². The van der Waals surface area contributed by atoms with Gasteiger partial charge in [-0.3, -0.25) is 9.79 Å². The molecule has 3 rings (SSSR count). The first kappa shape index (κ1) is 22.4. The normalized spacial score (nSPS) is 20.5. The van der Waals surface area contributed by atoms with Crippen LogP contribution in [0.2, 0.25) is 0 Å². The van der Waals surface area contributed by atoms with Crippen molar-refractivity contribution in [3.63, 3.8) is 0 Å². The average Bonchev–Trinajstić information content (AvgIpc) is 2.83. The van der Waals surface area contributed by atoms with Crippen molar-refractivity contribution in [2.24, 2.45) is 10.7 Å². The van der Waals surface area contributed by atoms with E-state index in [1.807, 2.05) is 0 Å². The number of hydrogen-bond donors (Lipinski definition) is 2. The van der Waals surface area contributed by atoms with Gasteiger partial charge in [0.15, 0.2) is 5.54 Å². The van der Waals surface area contributed by atoms with Gasteiger partial charge in [-0.25, -0.2) is 27.5 Å². The van der Waals surface area contributed by atoms with Gasteiger partial charge in [0, 0.05) is 11.3 Å². The Morgan fingerprint density at radius 1 is 1.32 bits per heavy atom. The van der Waals surface area contributed by atoms with Crippen molar-refractivity contribution in [1.29, 1.82) is 0 Å². The number of hydrogen-bond acceptors (Lipinski definition) is 7. The summed E-state index contributed by atoms with van der Waals surface area (Å²) in [5, 5.41) is 2.43. The Balaban J connectivity index is 1.87. The zero-order valence-electron chi connectivity index (χ0n) is 16.4. The van der Waals surface area contributed by atoms with E-state index in [9.17, 15) is 22.4 Å². The van der Waals surface area contributed by atoms with E-state index >= 15 is 0 Å². The average molecular weight is 441 g/mol. The fraction of sp³-hybridized carbons (Fsp3) is 0.368. The number of nitrogens with two attached hydrogens (primary N) is 1. The molecule has 0 radical (unpaired) electrons. The predicted molar refractivity (Wildman–Crippen MR) is 103 cm³/mol. The molecule has 0 unspecified atom stereocenters. The summed E-state index contributed by atoms with van der Waals surface area (Å²) in [6.07, 6.45) is 2.22. The lowest BCUT2D eigenvalue weighted by molar-refractivity contribution is -0.116. The van der Waals surface area contributed by atoms with Crippen molar-refractivity contribution in [1.82, 2.24) is 9.97 Å². The highest BCUT2D eigenvalue weighted by Crippen LogP contribution is 2.44. The maximum absolute atomic E-state index is 14.7. The van der Waals surface area contributed by atoms with Crippen molar-refractivity contribution in [2.45, 2.75) is 18.4 Å². The molecule has 8 nitrogen and oxygen atoms in total. The van der Waals surface area contributed by atoms with Gasteiger partial charge >= 0.3 is 0 Å². The van der Waals surface area contributed by atoms with Gasteiger partial charge in [0.1, 0.15) is 43.8 Å². The van der Waals surface area contributed by atoms with E-state index in [0.29, 0.717) is 0 Å². The Kier molecular flexibility index (Phi) is 6.39. The molecular weight excluding hydrogens is 422 g/mol. The van der Waals surface area contributed by atoms with Crippen LogP contribution in [0.1, 0.15) is 23.0 Å². The van der Waals surface area contributed by atoms with E-state index in [4.69, 9.17) is 15.2 Å². The molecule has 1 aliphatic heterocycles. The quantitative estimate of drug-likeness (QED) is 0.666. The number of carbonyl (C=O) groups is 1. The topological polar surface area (TPSA) is 112 Å². The van der Waals surface area contributed by atoms with Crippen LogP contribution in [0.25, 0.3) is 0 Å². The zero-order valence-corrected chi connectivity index (χ0v) is 16.4. The Bertz CT molecular complexity index is 987. The molecule has 0 aliphatic carbocycles. The van der Waals surface area contributed by atoms with Gasteiger partial charge in [0.2, 0.25) is 5.88 Å². The Labute approximate surface area is 174 Å². The summed E-state index contributed by atoms with van der Waals surface area (Å²) in [6.45, 7) is -1.19. The lowest BCUT2D eigenvalue weighted by Gasteiger charge is -2.33. The first-order chi connectivity index (χ1) is 14.7. The predicted octanol–water partition coefficient (Wildman–Crippen LogP) is 2.45. The molecule has 166 valence electrons. The highest BCUT2D eigenvalue weighted by Gasteiger charge is 2.54. The minimum atomic E-state index is -3.57. The molecule has 2 aromatic rings. The second kappa shape index (κ2) is 8.84. The molecule has 31 heavy (non-hydrogen) atoms. The highest BCUT2D eigenvalue weighted by atomic mass is 19.3. The number of aliphatic imine (C=N–C) groups is 1. The van der Waals surface area contributed by atoms with Gasteiger partial charge in [0.05, 0.1) is 12.4 Å². The largest absolute Gasteiger partial charge is 0.474 e. The molecular formula is C19H19F4N5O3. The number of ether oxygens (including phenoxy) is 2. The molecule has 2 heterocycles. The maximum Gasteiger partial charge on any atom is 0.299 e. The summed E-state index contributed by atoms with van der Waals surface area (Å²) in [6, 6.07) is 3.18. The third-order valence-electron chi connectivity index (χ3n) is 4.55. The third-order valence-corrected chi connectivity index (χ3v) is 4.55. The second-order valence-corrected chi connectivity index (χ2v) is 6.80. The molecule has 0 spiro atoms. The molecule has 1 atom stereocenters. The number of benzene rings is 1. The monoisotopic (exact) mass is 441 g/mol. The summed E-state index contributed by atoms with van der Waals surface area (Å²) in [5.74, 6) is -5.43. The van der Waals surface area contributed by atoms with Gasteiger partial charge in [0.25, 0.3) is 11.8 Å². The highest BCUT2D eigenvalue weighted by molar-refractivity contribution is 6.02. The van der Waals surface area contributed by atoms with Crippen LogP contribution in [0.3, 0.4) is 0 Å². The Morgan fingerprint density at radius 2 is 2.10 bits per heavy atom. The summed E-state index contributed by atoms with van der Waals surface area (Å²) in [7, 11) is 0. The van der Waals surface area contributed by atoms with Gasteiger partial charge in [-0.15, -0.1) is 0 Å². The maximum atomic E-state index is 14.7. The van der Waals surface area contributed by atoms with Crippen LogP contribution in [-0.2, 0) is 10.3 Å². The van der Waals surface area contributed by atoms with Crippen LogP contribution >= 0.6 is 0 Å².